The maximum absolute atomic E-state index is 13.5. The van der Waals surface area contributed by atoms with Gasteiger partial charge in [0.15, 0.2) is 11.0 Å². The van der Waals surface area contributed by atoms with Gasteiger partial charge < -0.3 is 5.32 Å². The van der Waals surface area contributed by atoms with E-state index in [1.54, 1.807) is 31.5 Å². The number of nitro benzene ring substituents is 1. The first-order chi connectivity index (χ1) is 17.0. The second-order valence-corrected chi connectivity index (χ2v) is 9.40. The highest BCUT2D eigenvalue weighted by atomic mass is 32.2. The Morgan fingerprint density at radius 3 is 2.63 bits per heavy atom. The molecule has 1 fully saturated rings. The molecule has 1 amide bonds. The van der Waals surface area contributed by atoms with Crippen LogP contribution in [-0.2, 0) is 4.79 Å². The van der Waals surface area contributed by atoms with E-state index >= 15 is 0 Å². The summed E-state index contributed by atoms with van der Waals surface area (Å²) in [5.41, 5.74) is 2.37. The number of hydrogen-bond acceptors (Lipinski definition) is 7. The molecule has 0 bridgehead atoms. The number of nitrogens with one attached hydrogen (secondary N) is 1. The summed E-state index contributed by atoms with van der Waals surface area (Å²) in [7, 11) is 0. The maximum Gasteiger partial charge on any atom is 0.293 e. The second kappa shape index (κ2) is 9.67. The van der Waals surface area contributed by atoms with E-state index in [9.17, 15) is 14.9 Å². The average molecular weight is 487 g/mol. The van der Waals surface area contributed by atoms with Crippen molar-refractivity contribution in [1.82, 2.24) is 19.7 Å². The van der Waals surface area contributed by atoms with E-state index in [0.29, 0.717) is 11.0 Å². The van der Waals surface area contributed by atoms with Crippen molar-refractivity contribution in [2.45, 2.75) is 36.2 Å². The Bertz CT molecular complexity index is 1370. The first-order valence-corrected chi connectivity index (χ1v) is 12.0. The number of thioether (sulfide) groups is 1. The monoisotopic (exact) mass is 486 g/mol. The lowest BCUT2D eigenvalue weighted by Crippen LogP contribution is -2.20. The maximum atomic E-state index is 13.5. The van der Waals surface area contributed by atoms with Gasteiger partial charge in [0.05, 0.1) is 4.92 Å². The van der Waals surface area contributed by atoms with Gasteiger partial charge in [0, 0.05) is 30.1 Å². The van der Waals surface area contributed by atoms with Crippen molar-refractivity contribution in [2.24, 2.45) is 0 Å². The zero-order valence-corrected chi connectivity index (χ0v) is 19.7. The molecule has 1 aliphatic carbocycles. The van der Waals surface area contributed by atoms with E-state index in [1.807, 2.05) is 42.5 Å². The van der Waals surface area contributed by atoms with Crippen LogP contribution in [0.25, 0.3) is 11.4 Å². The van der Waals surface area contributed by atoms with Crippen molar-refractivity contribution in [1.29, 1.82) is 0 Å². The van der Waals surface area contributed by atoms with Crippen LogP contribution in [0, 0.1) is 17.0 Å². The molecule has 2 aromatic carbocycles. The van der Waals surface area contributed by atoms with Crippen LogP contribution in [0.4, 0.5) is 11.4 Å². The topological polar surface area (TPSA) is 116 Å². The Kier molecular flexibility index (Phi) is 6.28. The van der Waals surface area contributed by atoms with Crippen molar-refractivity contribution in [3.8, 4) is 11.4 Å². The van der Waals surface area contributed by atoms with Crippen LogP contribution in [0.1, 0.15) is 35.3 Å². The molecule has 1 unspecified atom stereocenters. The molecule has 1 saturated carbocycles. The first-order valence-electron chi connectivity index (χ1n) is 11.1. The number of aryl methyl sites for hydroxylation is 1. The van der Waals surface area contributed by atoms with Gasteiger partial charge in [-0.3, -0.25) is 24.5 Å². The number of nitrogens with zero attached hydrogens (tertiary/aromatic N) is 5. The van der Waals surface area contributed by atoms with Crippen LogP contribution in [0.2, 0.25) is 0 Å². The third-order valence-corrected chi connectivity index (χ3v) is 6.88. The summed E-state index contributed by atoms with van der Waals surface area (Å²) < 4.78 is 2.07. The van der Waals surface area contributed by atoms with Gasteiger partial charge in [-0.25, -0.2) is 0 Å². The lowest BCUT2D eigenvalue weighted by molar-refractivity contribution is -0.384. The van der Waals surface area contributed by atoms with Crippen LogP contribution in [0.3, 0.4) is 0 Å². The molecule has 2 aromatic heterocycles. The zero-order chi connectivity index (χ0) is 24.4. The summed E-state index contributed by atoms with van der Waals surface area (Å²) in [6.45, 7) is 1.77. The summed E-state index contributed by atoms with van der Waals surface area (Å²) in [5.74, 6) is 0.339. The highest BCUT2D eigenvalue weighted by molar-refractivity contribution is 8.00. The molecule has 4 aromatic rings. The molecule has 10 heteroatoms. The van der Waals surface area contributed by atoms with Crippen molar-refractivity contribution >= 4 is 29.0 Å². The highest BCUT2D eigenvalue weighted by Gasteiger charge is 2.33. The third-order valence-electron chi connectivity index (χ3n) is 5.67. The molecule has 176 valence electrons. The lowest BCUT2D eigenvalue weighted by atomic mass is 10.1. The van der Waals surface area contributed by atoms with Gasteiger partial charge >= 0.3 is 0 Å². The lowest BCUT2D eigenvalue weighted by Gasteiger charge is -2.17. The van der Waals surface area contributed by atoms with Crippen LogP contribution in [0.5, 0.6) is 0 Å². The fourth-order valence-electron chi connectivity index (χ4n) is 3.81. The number of aromatic nitrogens is 4. The minimum Gasteiger partial charge on any atom is -0.319 e. The van der Waals surface area contributed by atoms with Crippen molar-refractivity contribution in [3.63, 3.8) is 0 Å². The van der Waals surface area contributed by atoms with E-state index in [-0.39, 0.29) is 23.3 Å². The van der Waals surface area contributed by atoms with Gasteiger partial charge in [-0.15, -0.1) is 10.2 Å². The number of anilines is 1. The Labute approximate surface area is 205 Å². The summed E-state index contributed by atoms with van der Waals surface area (Å²) in [6.07, 6.45) is 5.47. The van der Waals surface area contributed by atoms with E-state index in [0.717, 1.165) is 29.5 Å². The fraction of sp³-hybridized carbons (Fsp3) is 0.200. The Morgan fingerprint density at radius 2 is 1.94 bits per heavy atom. The normalized spacial score (nSPS) is 13.9. The SMILES string of the molecule is Cc1ccc(NC(=O)C(Sc2nnc(-c3cccnc3)n2C2CC2)c2ccccc2)c([N+](=O)[O-])c1. The zero-order valence-electron chi connectivity index (χ0n) is 18.9. The third kappa shape index (κ3) is 4.92. The van der Waals surface area contributed by atoms with Crippen molar-refractivity contribution in [2.75, 3.05) is 5.32 Å². The van der Waals surface area contributed by atoms with E-state index < -0.39 is 10.2 Å². The molecular formula is C25H22N6O3S. The summed E-state index contributed by atoms with van der Waals surface area (Å²) in [4.78, 5) is 28.8. The molecule has 35 heavy (non-hydrogen) atoms. The average Bonchev–Trinajstić information content (AvgIpc) is 3.63. The van der Waals surface area contributed by atoms with E-state index in [2.05, 4.69) is 25.1 Å². The van der Waals surface area contributed by atoms with Gasteiger partial charge in [0.1, 0.15) is 10.9 Å². The van der Waals surface area contributed by atoms with E-state index in [4.69, 9.17) is 0 Å². The van der Waals surface area contributed by atoms with Gasteiger partial charge in [-0.1, -0.05) is 48.2 Å². The summed E-state index contributed by atoms with van der Waals surface area (Å²) in [5, 5.41) is 23.1. The summed E-state index contributed by atoms with van der Waals surface area (Å²) in [6, 6.07) is 18.1. The Hall–Kier alpha value is -4.05. The number of carbonyl (C=O) groups excluding carboxylic acids is 1. The molecule has 9 nitrogen and oxygen atoms in total. The molecule has 0 radical (unpaired) electrons. The largest absolute Gasteiger partial charge is 0.319 e. The predicted molar refractivity (Wildman–Crippen MR) is 133 cm³/mol. The standard InChI is InChI=1S/C25H22N6O3S/c1-16-9-12-20(21(14-16)31(33)34)27-24(32)22(17-6-3-2-4-7-17)35-25-29-28-23(30(25)19-10-11-19)18-8-5-13-26-15-18/h2-9,12-15,19,22H,10-11H2,1H3,(H,27,32). The molecular weight excluding hydrogens is 464 g/mol. The number of carbonyl (C=O) groups is 1. The molecule has 1 atom stereocenters. The van der Waals surface area contributed by atoms with E-state index in [1.165, 1.54) is 17.8 Å². The quantitative estimate of drug-likeness (QED) is 0.202. The minimum absolute atomic E-state index is 0.143. The highest BCUT2D eigenvalue weighted by Crippen LogP contribution is 2.44. The van der Waals surface area contributed by atoms with Gasteiger partial charge in [-0.05, 0) is 49.1 Å². The first kappa shape index (κ1) is 22.7. The molecule has 0 spiro atoms. The van der Waals surface area contributed by atoms with Crippen LogP contribution < -0.4 is 5.32 Å². The predicted octanol–water partition coefficient (Wildman–Crippen LogP) is 5.36. The fourth-order valence-corrected chi connectivity index (χ4v) is 4.92. The number of hydrogen-bond donors (Lipinski definition) is 1. The molecule has 1 N–H and O–H groups in total. The molecule has 0 aliphatic heterocycles. The van der Waals surface area contributed by atoms with Gasteiger partial charge in [-0.2, -0.15) is 0 Å². The second-order valence-electron chi connectivity index (χ2n) is 8.32. The van der Waals surface area contributed by atoms with Crippen molar-refractivity contribution < 1.29 is 9.72 Å². The van der Waals surface area contributed by atoms with Crippen molar-refractivity contribution in [3.05, 3.63) is 94.3 Å². The number of nitro groups is 1. The number of amides is 1. The minimum atomic E-state index is -0.694. The van der Waals surface area contributed by atoms with Gasteiger partial charge in [0.2, 0.25) is 5.91 Å². The van der Waals surface area contributed by atoms with Crippen LogP contribution >= 0.6 is 11.8 Å². The molecule has 1 aliphatic rings. The molecule has 0 saturated heterocycles. The van der Waals surface area contributed by atoms with Crippen LogP contribution in [0.15, 0.2) is 78.2 Å². The summed E-state index contributed by atoms with van der Waals surface area (Å²) >= 11 is 1.28. The Morgan fingerprint density at radius 1 is 1.14 bits per heavy atom. The number of benzene rings is 2. The van der Waals surface area contributed by atoms with Gasteiger partial charge in [0.25, 0.3) is 5.69 Å². The number of rotatable bonds is 8. The number of pyridine rings is 1. The molecule has 2 heterocycles. The smallest absolute Gasteiger partial charge is 0.293 e. The molecule has 5 rings (SSSR count). The van der Waals surface area contributed by atoms with Crippen LogP contribution in [-0.4, -0.2) is 30.6 Å². The Balaban J connectivity index is 1.50.